The van der Waals surface area contributed by atoms with Crippen LogP contribution in [0.4, 0.5) is 0 Å². The molecule has 1 aromatic heterocycles. The van der Waals surface area contributed by atoms with Crippen molar-refractivity contribution in [1.29, 1.82) is 0 Å². The molecule has 0 aliphatic heterocycles. The topological polar surface area (TPSA) is 22.1 Å². The van der Waals surface area contributed by atoms with Crippen LogP contribution in [-0.4, -0.2) is 18.7 Å². The van der Waals surface area contributed by atoms with Gasteiger partial charge in [0.25, 0.3) is 0 Å². The number of para-hydroxylation sites is 1. The van der Waals surface area contributed by atoms with E-state index >= 15 is 0 Å². The van der Waals surface area contributed by atoms with E-state index < -0.39 is 0 Å². The minimum Gasteiger partial charge on any atom is -0.384 e. The van der Waals surface area contributed by atoms with E-state index in [1.165, 1.54) is 29.7 Å². The highest BCUT2D eigenvalue weighted by molar-refractivity contribution is 6.36. The first kappa shape index (κ1) is 12.9. The number of halogens is 1. The van der Waals surface area contributed by atoms with Crippen LogP contribution in [0.5, 0.6) is 0 Å². The number of fused-ring (bicyclic) bond motifs is 2. The number of ether oxygens (including phenoxy) is 1. The summed E-state index contributed by atoms with van der Waals surface area (Å²) in [5.74, 6) is 0. The van der Waals surface area contributed by atoms with Crippen molar-refractivity contribution in [2.75, 3.05) is 13.7 Å². The summed E-state index contributed by atoms with van der Waals surface area (Å²) in [7, 11) is 1.73. The van der Waals surface area contributed by atoms with Gasteiger partial charge in [-0.25, -0.2) is 0 Å². The van der Waals surface area contributed by atoms with Gasteiger partial charge in [-0.15, -0.1) is 0 Å². The molecule has 0 bridgehead atoms. The van der Waals surface area contributed by atoms with Crippen LogP contribution in [-0.2, 0) is 24.0 Å². The maximum atomic E-state index is 6.59. The molecule has 0 fully saturated rings. The molecule has 1 aromatic carbocycles. The molecule has 3 rings (SSSR count). The van der Waals surface area contributed by atoms with E-state index in [9.17, 15) is 0 Å². The molecule has 0 saturated heterocycles. The van der Waals surface area contributed by atoms with Crippen molar-refractivity contribution in [3.63, 3.8) is 0 Å². The summed E-state index contributed by atoms with van der Waals surface area (Å²) < 4.78 is 5.18. The van der Waals surface area contributed by atoms with Gasteiger partial charge < -0.3 is 4.74 Å². The van der Waals surface area contributed by atoms with Crippen LogP contribution in [0.1, 0.15) is 29.7 Å². The number of pyridine rings is 1. The summed E-state index contributed by atoms with van der Waals surface area (Å²) in [6, 6.07) is 6.27. The van der Waals surface area contributed by atoms with Crippen molar-refractivity contribution >= 4 is 22.5 Å². The van der Waals surface area contributed by atoms with Crippen LogP contribution in [0.3, 0.4) is 0 Å². The van der Waals surface area contributed by atoms with Crippen molar-refractivity contribution < 1.29 is 4.74 Å². The lowest BCUT2D eigenvalue weighted by Gasteiger charge is -2.18. The predicted octanol–water partition coefficient (Wildman–Crippen LogP) is 3.96. The van der Waals surface area contributed by atoms with E-state index in [4.69, 9.17) is 21.3 Å². The van der Waals surface area contributed by atoms with Gasteiger partial charge in [0.05, 0.1) is 17.1 Å². The summed E-state index contributed by atoms with van der Waals surface area (Å²) in [5.41, 5.74) is 4.76. The lowest BCUT2D eigenvalue weighted by molar-refractivity contribution is 0.202. The fourth-order valence-electron chi connectivity index (χ4n) is 2.86. The van der Waals surface area contributed by atoms with E-state index in [1.54, 1.807) is 7.11 Å². The Balaban J connectivity index is 2.17. The Morgan fingerprint density at radius 3 is 2.95 bits per heavy atom. The Morgan fingerprint density at radius 1 is 1.26 bits per heavy atom. The number of methoxy groups -OCH3 is 1. The molecule has 0 saturated carbocycles. The van der Waals surface area contributed by atoms with Gasteiger partial charge >= 0.3 is 0 Å². The number of aryl methyl sites for hydroxylation is 1. The lowest BCUT2D eigenvalue weighted by atomic mass is 9.93. The SMILES string of the molecule is COCCc1cccc2c(Cl)c3c(nc12)CCCC3. The summed E-state index contributed by atoms with van der Waals surface area (Å²) in [6.07, 6.45) is 5.46. The average Bonchev–Trinajstić information content (AvgIpc) is 2.46. The molecule has 0 atom stereocenters. The fraction of sp³-hybridized carbons (Fsp3) is 0.438. The molecule has 2 aromatic rings. The largest absolute Gasteiger partial charge is 0.384 e. The van der Waals surface area contributed by atoms with Crippen molar-refractivity contribution in [3.8, 4) is 0 Å². The second-order valence-corrected chi connectivity index (χ2v) is 5.49. The number of hydrogen-bond acceptors (Lipinski definition) is 2. The maximum Gasteiger partial charge on any atom is 0.0753 e. The van der Waals surface area contributed by atoms with E-state index in [0.717, 1.165) is 41.8 Å². The van der Waals surface area contributed by atoms with Gasteiger partial charge in [-0.2, -0.15) is 0 Å². The third kappa shape index (κ3) is 2.35. The Labute approximate surface area is 118 Å². The van der Waals surface area contributed by atoms with Crippen LogP contribution in [0, 0.1) is 0 Å². The highest BCUT2D eigenvalue weighted by Gasteiger charge is 2.18. The predicted molar refractivity (Wildman–Crippen MR) is 79.0 cm³/mol. The van der Waals surface area contributed by atoms with Gasteiger partial charge in [0.2, 0.25) is 0 Å². The molecule has 0 unspecified atom stereocenters. The Kier molecular flexibility index (Phi) is 3.72. The van der Waals surface area contributed by atoms with Gasteiger partial charge in [0, 0.05) is 18.2 Å². The Hall–Kier alpha value is -1.12. The third-order valence-electron chi connectivity index (χ3n) is 3.88. The van der Waals surface area contributed by atoms with Crippen molar-refractivity contribution in [2.24, 2.45) is 0 Å². The summed E-state index contributed by atoms with van der Waals surface area (Å²) in [5, 5.41) is 2.01. The highest BCUT2D eigenvalue weighted by Crippen LogP contribution is 2.34. The van der Waals surface area contributed by atoms with E-state index in [1.807, 2.05) is 0 Å². The zero-order valence-electron chi connectivity index (χ0n) is 11.2. The van der Waals surface area contributed by atoms with Crippen molar-refractivity contribution in [3.05, 3.63) is 40.0 Å². The van der Waals surface area contributed by atoms with Gasteiger partial charge in [0.15, 0.2) is 0 Å². The summed E-state index contributed by atoms with van der Waals surface area (Å²) >= 11 is 6.59. The first-order valence-electron chi connectivity index (χ1n) is 6.89. The molecule has 1 aliphatic rings. The van der Waals surface area contributed by atoms with Crippen LogP contribution in [0.25, 0.3) is 10.9 Å². The van der Waals surface area contributed by atoms with E-state index in [-0.39, 0.29) is 0 Å². The minimum absolute atomic E-state index is 0.718. The summed E-state index contributed by atoms with van der Waals surface area (Å²) in [6.45, 7) is 0.718. The summed E-state index contributed by atoms with van der Waals surface area (Å²) in [4.78, 5) is 4.89. The van der Waals surface area contributed by atoms with E-state index in [2.05, 4.69) is 18.2 Å². The zero-order valence-corrected chi connectivity index (χ0v) is 12.0. The Morgan fingerprint density at radius 2 is 2.11 bits per heavy atom. The monoisotopic (exact) mass is 275 g/mol. The van der Waals surface area contributed by atoms with Crippen molar-refractivity contribution in [2.45, 2.75) is 32.1 Å². The molecule has 0 spiro atoms. The normalized spacial score (nSPS) is 14.6. The third-order valence-corrected chi connectivity index (χ3v) is 4.31. The van der Waals surface area contributed by atoms with Crippen LogP contribution < -0.4 is 0 Å². The van der Waals surface area contributed by atoms with E-state index in [0.29, 0.717) is 0 Å². The van der Waals surface area contributed by atoms with Gasteiger partial charge in [0.1, 0.15) is 0 Å². The van der Waals surface area contributed by atoms with Gasteiger partial charge in [-0.05, 0) is 43.2 Å². The van der Waals surface area contributed by atoms with Gasteiger partial charge in [-0.1, -0.05) is 29.8 Å². The quantitative estimate of drug-likeness (QED) is 0.846. The molecule has 1 heterocycles. The number of benzene rings is 1. The average molecular weight is 276 g/mol. The second-order valence-electron chi connectivity index (χ2n) is 5.11. The fourth-order valence-corrected chi connectivity index (χ4v) is 3.22. The molecular weight excluding hydrogens is 258 g/mol. The van der Waals surface area contributed by atoms with Crippen molar-refractivity contribution in [1.82, 2.24) is 4.98 Å². The molecule has 0 radical (unpaired) electrons. The van der Waals surface area contributed by atoms with Crippen LogP contribution in [0.15, 0.2) is 18.2 Å². The highest BCUT2D eigenvalue weighted by atomic mass is 35.5. The number of aromatic nitrogens is 1. The van der Waals surface area contributed by atoms with Crippen LogP contribution in [0.2, 0.25) is 5.02 Å². The first-order valence-corrected chi connectivity index (χ1v) is 7.27. The number of nitrogens with zero attached hydrogens (tertiary/aromatic N) is 1. The molecule has 2 nitrogen and oxygen atoms in total. The standard InChI is InChI=1S/C16H18ClNO/c1-19-10-9-11-5-4-7-13-15(17)12-6-2-3-8-14(12)18-16(11)13/h4-5,7H,2-3,6,8-10H2,1H3. The van der Waals surface area contributed by atoms with Gasteiger partial charge in [-0.3, -0.25) is 4.98 Å². The minimum atomic E-state index is 0.718. The number of rotatable bonds is 3. The molecule has 3 heteroatoms. The molecule has 100 valence electrons. The molecule has 0 N–H and O–H groups in total. The maximum absolute atomic E-state index is 6.59. The molecule has 0 amide bonds. The number of hydrogen-bond donors (Lipinski definition) is 0. The molecule has 19 heavy (non-hydrogen) atoms. The molecular formula is C16H18ClNO. The zero-order chi connectivity index (χ0) is 13.2. The lowest BCUT2D eigenvalue weighted by Crippen LogP contribution is -2.08. The van der Waals surface area contributed by atoms with Crippen LogP contribution >= 0.6 is 11.6 Å². The Bertz CT molecular complexity index is 609. The first-order chi connectivity index (χ1) is 9.31. The molecule has 1 aliphatic carbocycles. The smallest absolute Gasteiger partial charge is 0.0753 e. The second kappa shape index (κ2) is 5.48.